The summed E-state index contributed by atoms with van der Waals surface area (Å²) in [6, 6.07) is 3.34. The molecule has 4 rings (SSSR count). The number of nitrogens with zero attached hydrogens (tertiary/aromatic N) is 4. The van der Waals surface area contributed by atoms with Crippen molar-refractivity contribution in [3.8, 4) is 0 Å². The van der Waals surface area contributed by atoms with Crippen LogP contribution in [0.4, 0.5) is 5.69 Å². The maximum Gasteiger partial charge on any atom is 0.270 e. The third-order valence-electron chi connectivity index (χ3n) is 4.86. The van der Waals surface area contributed by atoms with Gasteiger partial charge in [-0.2, -0.15) is 9.29 Å². The quantitative estimate of drug-likeness (QED) is 0.579. The van der Waals surface area contributed by atoms with Crippen molar-refractivity contribution in [2.45, 2.75) is 49.5 Å². The zero-order chi connectivity index (χ0) is 18.5. The van der Waals surface area contributed by atoms with Gasteiger partial charge >= 0.3 is 0 Å². The highest BCUT2D eigenvalue weighted by Gasteiger charge is 2.41. The van der Waals surface area contributed by atoms with Crippen molar-refractivity contribution in [3.05, 3.63) is 45.6 Å². The third-order valence-corrected chi connectivity index (χ3v) is 6.91. The highest BCUT2D eigenvalue weighted by atomic mass is 32.2. The molecule has 1 unspecified atom stereocenters. The van der Waals surface area contributed by atoms with Crippen LogP contribution in [-0.2, 0) is 10.0 Å². The van der Waals surface area contributed by atoms with E-state index >= 15 is 0 Å². The number of benzene rings is 1. The minimum absolute atomic E-state index is 0.0551. The SMILES string of the molecule is Cc1ccc([N+](=O)[O-])cc1S(=O)(=O)N1CCCC1c1nc(C2CC2)no1. The summed E-state index contributed by atoms with van der Waals surface area (Å²) in [6.07, 6.45) is 3.30. The topological polar surface area (TPSA) is 119 Å². The Labute approximate surface area is 150 Å². The molecule has 2 fully saturated rings. The standard InChI is InChI=1S/C16H18N4O5S/c1-10-4-7-12(20(21)22)9-14(10)26(23,24)19-8-2-3-13(19)16-17-15(18-25-16)11-5-6-11/h4,7,9,11,13H,2-3,5-6,8H2,1H3. The van der Waals surface area contributed by atoms with Crippen molar-refractivity contribution in [1.29, 1.82) is 0 Å². The highest BCUT2D eigenvalue weighted by molar-refractivity contribution is 7.89. The molecule has 0 spiro atoms. The average Bonchev–Trinajstić information content (AvgIpc) is 3.12. The summed E-state index contributed by atoms with van der Waals surface area (Å²) in [7, 11) is -3.92. The Morgan fingerprint density at radius 2 is 2.08 bits per heavy atom. The Bertz CT molecular complexity index is 967. The van der Waals surface area contributed by atoms with Gasteiger partial charge in [-0.25, -0.2) is 8.42 Å². The molecule has 1 aliphatic heterocycles. The molecule has 0 bridgehead atoms. The maximum absolute atomic E-state index is 13.2. The Kier molecular flexibility index (Phi) is 4.03. The highest BCUT2D eigenvalue weighted by Crippen LogP contribution is 2.41. The number of nitro benzene ring substituents is 1. The summed E-state index contributed by atoms with van der Waals surface area (Å²) in [4.78, 5) is 14.8. The maximum atomic E-state index is 13.2. The van der Waals surface area contributed by atoms with Crippen LogP contribution in [0, 0.1) is 17.0 Å². The van der Waals surface area contributed by atoms with E-state index in [1.54, 1.807) is 6.92 Å². The Balaban J connectivity index is 1.70. The van der Waals surface area contributed by atoms with E-state index in [-0.39, 0.29) is 10.6 Å². The molecule has 0 amide bonds. The molecule has 2 aliphatic rings. The molecule has 0 radical (unpaired) electrons. The van der Waals surface area contributed by atoms with Crippen molar-refractivity contribution in [1.82, 2.24) is 14.4 Å². The van der Waals surface area contributed by atoms with Gasteiger partial charge in [0.2, 0.25) is 15.9 Å². The number of nitro groups is 1. The molecule has 26 heavy (non-hydrogen) atoms. The van der Waals surface area contributed by atoms with E-state index in [0.717, 1.165) is 18.9 Å². The number of hydrogen-bond donors (Lipinski definition) is 0. The lowest BCUT2D eigenvalue weighted by molar-refractivity contribution is -0.385. The fourth-order valence-electron chi connectivity index (χ4n) is 3.27. The molecule has 10 heteroatoms. The first kappa shape index (κ1) is 17.1. The smallest absolute Gasteiger partial charge is 0.270 e. The van der Waals surface area contributed by atoms with Gasteiger partial charge in [0, 0.05) is 24.6 Å². The second-order valence-corrected chi connectivity index (χ2v) is 8.60. The van der Waals surface area contributed by atoms with Gasteiger partial charge in [0.1, 0.15) is 6.04 Å². The first-order valence-corrected chi connectivity index (χ1v) is 9.92. The molecule has 138 valence electrons. The monoisotopic (exact) mass is 378 g/mol. The van der Waals surface area contributed by atoms with E-state index < -0.39 is 21.0 Å². The lowest BCUT2D eigenvalue weighted by Crippen LogP contribution is -2.31. The molecule has 2 aromatic rings. The van der Waals surface area contributed by atoms with E-state index in [1.807, 2.05) is 0 Å². The molecule has 0 N–H and O–H groups in total. The molecule has 1 aliphatic carbocycles. The van der Waals surface area contributed by atoms with Crippen molar-refractivity contribution >= 4 is 15.7 Å². The normalized spacial score (nSPS) is 21.2. The second kappa shape index (κ2) is 6.13. The summed E-state index contributed by atoms with van der Waals surface area (Å²) in [6.45, 7) is 1.94. The van der Waals surface area contributed by atoms with Gasteiger partial charge < -0.3 is 4.52 Å². The van der Waals surface area contributed by atoms with Gasteiger partial charge in [0.15, 0.2) is 5.82 Å². The minimum Gasteiger partial charge on any atom is -0.338 e. The third kappa shape index (κ3) is 2.88. The molecular formula is C16H18N4O5S. The van der Waals surface area contributed by atoms with Gasteiger partial charge in [0.05, 0.1) is 9.82 Å². The fourth-order valence-corrected chi connectivity index (χ4v) is 5.17. The number of rotatable bonds is 5. The molecule has 2 heterocycles. The van der Waals surface area contributed by atoms with E-state index in [0.29, 0.717) is 42.6 Å². The van der Waals surface area contributed by atoms with Crippen molar-refractivity contribution in [2.75, 3.05) is 6.54 Å². The van der Waals surface area contributed by atoms with Crippen LogP contribution in [0.25, 0.3) is 0 Å². The molecule has 1 aromatic heterocycles. The lowest BCUT2D eigenvalue weighted by atomic mass is 10.2. The zero-order valence-electron chi connectivity index (χ0n) is 14.2. The van der Waals surface area contributed by atoms with Crippen LogP contribution in [0.2, 0.25) is 0 Å². The Morgan fingerprint density at radius 1 is 1.31 bits per heavy atom. The number of non-ortho nitro benzene ring substituents is 1. The van der Waals surface area contributed by atoms with E-state index in [2.05, 4.69) is 10.1 Å². The molecule has 1 aromatic carbocycles. The Morgan fingerprint density at radius 3 is 2.77 bits per heavy atom. The largest absolute Gasteiger partial charge is 0.338 e. The molecule has 1 saturated heterocycles. The van der Waals surface area contributed by atoms with Crippen LogP contribution in [0.15, 0.2) is 27.6 Å². The summed E-state index contributed by atoms with van der Waals surface area (Å²) in [5.74, 6) is 1.25. The summed E-state index contributed by atoms with van der Waals surface area (Å²) < 4.78 is 33.0. The van der Waals surface area contributed by atoms with Gasteiger partial charge in [-0.05, 0) is 38.2 Å². The molecule has 9 nitrogen and oxygen atoms in total. The fraction of sp³-hybridized carbons (Fsp3) is 0.500. The van der Waals surface area contributed by atoms with Gasteiger partial charge in [0.25, 0.3) is 5.69 Å². The van der Waals surface area contributed by atoms with Crippen molar-refractivity contribution in [3.63, 3.8) is 0 Å². The predicted octanol–water partition coefficient (Wildman–Crippen LogP) is 2.69. The van der Waals surface area contributed by atoms with E-state index in [1.165, 1.54) is 16.4 Å². The summed E-state index contributed by atoms with van der Waals surface area (Å²) >= 11 is 0. The number of aryl methyl sites for hydroxylation is 1. The molecular weight excluding hydrogens is 360 g/mol. The van der Waals surface area contributed by atoms with Crippen LogP contribution < -0.4 is 0 Å². The Hall–Kier alpha value is -2.33. The van der Waals surface area contributed by atoms with Crippen molar-refractivity contribution < 1.29 is 17.9 Å². The number of sulfonamides is 1. The average molecular weight is 378 g/mol. The first-order valence-electron chi connectivity index (χ1n) is 8.48. The van der Waals surface area contributed by atoms with Crippen LogP contribution in [0.3, 0.4) is 0 Å². The zero-order valence-corrected chi connectivity index (χ0v) is 15.0. The number of hydrogen-bond acceptors (Lipinski definition) is 7. The summed E-state index contributed by atoms with van der Waals surface area (Å²) in [5.41, 5.74) is 0.212. The molecule has 1 saturated carbocycles. The second-order valence-electron chi connectivity index (χ2n) is 6.75. The van der Waals surface area contributed by atoms with Crippen LogP contribution in [0.1, 0.15) is 54.9 Å². The predicted molar refractivity (Wildman–Crippen MR) is 90.0 cm³/mol. The summed E-state index contributed by atoms with van der Waals surface area (Å²) in [5, 5.41) is 15.0. The van der Waals surface area contributed by atoms with E-state index in [9.17, 15) is 18.5 Å². The van der Waals surface area contributed by atoms with E-state index in [4.69, 9.17) is 4.52 Å². The van der Waals surface area contributed by atoms with Crippen LogP contribution in [0.5, 0.6) is 0 Å². The van der Waals surface area contributed by atoms with Crippen molar-refractivity contribution in [2.24, 2.45) is 0 Å². The van der Waals surface area contributed by atoms with Crippen LogP contribution in [-0.4, -0.2) is 34.3 Å². The van der Waals surface area contributed by atoms with Gasteiger partial charge in [-0.15, -0.1) is 0 Å². The molecule has 1 atom stereocenters. The first-order chi connectivity index (χ1) is 12.4. The minimum atomic E-state index is -3.92. The van der Waals surface area contributed by atoms with Crippen LogP contribution >= 0.6 is 0 Å². The van der Waals surface area contributed by atoms with Gasteiger partial charge in [-0.1, -0.05) is 11.2 Å². The van der Waals surface area contributed by atoms with Gasteiger partial charge in [-0.3, -0.25) is 10.1 Å². The number of aromatic nitrogens is 2. The lowest BCUT2D eigenvalue weighted by Gasteiger charge is -2.22.